The third-order valence-corrected chi connectivity index (χ3v) is 4.82. The van der Waals surface area contributed by atoms with E-state index in [-0.39, 0.29) is 6.61 Å². The smallest absolute Gasteiger partial charge is 0.411 e. The van der Waals surface area contributed by atoms with Crippen LogP contribution in [0, 0.1) is 0 Å². The van der Waals surface area contributed by atoms with E-state index in [2.05, 4.69) is 27.6 Å². The van der Waals surface area contributed by atoms with Crippen LogP contribution < -0.4 is 15.5 Å². The molecule has 2 aliphatic rings. The van der Waals surface area contributed by atoms with E-state index < -0.39 is 6.09 Å². The van der Waals surface area contributed by atoms with Gasteiger partial charge < -0.3 is 15.0 Å². The molecule has 0 bridgehead atoms. The van der Waals surface area contributed by atoms with Crippen molar-refractivity contribution in [3.8, 4) is 11.4 Å². The summed E-state index contributed by atoms with van der Waals surface area (Å²) in [7, 11) is 2.10. The first-order valence-corrected chi connectivity index (χ1v) is 8.54. The van der Waals surface area contributed by atoms with Crippen LogP contribution in [0.3, 0.4) is 0 Å². The molecule has 0 unspecified atom stereocenters. The van der Waals surface area contributed by atoms with E-state index in [0.29, 0.717) is 11.9 Å². The molecule has 2 aromatic rings. The van der Waals surface area contributed by atoms with E-state index >= 15 is 0 Å². The van der Waals surface area contributed by atoms with Gasteiger partial charge in [-0.05, 0) is 50.2 Å². The largest absolute Gasteiger partial charge is 0.444 e. The van der Waals surface area contributed by atoms with Crippen molar-refractivity contribution in [1.82, 2.24) is 15.3 Å². The van der Waals surface area contributed by atoms with Gasteiger partial charge in [-0.1, -0.05) is 0 Å². The van der Waals surface area contributed by atoms with Crippen molar-refractivity contribution in [2.75, 3.05) is 30.4 Å². The third-order valence-electron chi connectivity index (χ3n) is 4.82. The first kappa shape index (κ1) is 15.8. The molecule has 25 heavy (non-hydrogen) atoms. The van der Waals surface area contributed by atoms with Crippen molar-refractivity contribution in [2.45, 2.75) is 25.5 Å². The number of anilines is 2. The number of piperidine rings is 1. The fourth-order valence-corrected chi connectivity index (χ4v) is 3.33. The number of hydrogen-bond acceptors (Lipinski definition) is 6. The number of aromatic nitrogens is 2. The van der Waals surface area contributed by atoms with Gasteiger partial charge >= 0.3 is 6.09 Å². The summed E-state index contributed by atoms with van der Waals surface area (Å²) in [5.41, 5.74) is 2.62. The average molecular weight is 339 g/mol. The van der Waals surface area contributed by atoms with E-state index in [4.69, 9.17) is 9.72 Å². The third kappa shape index (κ3) is 3.28. The number of nitrogens with zero attached hydrogens (tertiary/aromatic N) is 3. The maximum Gasteiger partial charge on any atom is 0.411 e. The number of ether oxygens (including phenoxy) is 1. The van der Waals surface area contributed by atoms with E-state index in [1.165, 1.54) is 0 Å². The molecule has 1 fully saturated rings. The van der Waals surface area contributed by atoms with Crippen LogP contribution in [0.2, 0.25) is 0 Å². The summed E-state index contributed by atoms with van der Waals surface area (Å²) < 4.78 is 5.03. The van der Waals surface area contributed by atoms with Gasteiger partial charge in [0.15, 0.2) is 5.82 Å². The molecule has 1 amide bonds. The van der Waals surface area contributed by atoms with E-state index in [9.17, 15) is 4.79 Å². The molecule has 2 N–H and O–H groups in total. The van der Waals surface area contributed by atoms with Gasteiger partial charge in [0.05, 0.1) is 5.69 Å². The molecule has 7 nitrogen and oxygen atoms in total. The quantitative estimate of drug-likeness (QED) is 0.894. The second-order valence-corrected chi connectivity index (χ2v) is 6.40. The number of carbonyl (C=O) groups excluding carboxylic acids is 1. The number of rotatable bonds is 3. The fourth-order valence-electron chi connectivity index (χ4n) is 3.33. The predicted octanol–water partition coefficient (Wildman–Crippen LogP) is 2.39. The van der Waals surface area contributed by atoms with Crippen molar-refractivity contribution >= 4 is 17.6 Å². The van der Waals surface area contributed by atoms with Gasteiger partial charge in [-0.15, -0.1) is 0 Å². The standard InChI is InChI=1S/C18H21N5O2/c1-23(14-4-7-19-8-5-14)16-6-9-20-17(22-16)12-2-3-15-13(10-12)11-25-18(24)21-15/h2-3,6,9-10,14,19H,4-5,7-8,11H2,1H3,(H,21,24). The Hall–Kier alpha value is -2.67. The van der Waals surface area contributed by atoms with Gasteiger partial charge in [0, 0.05) is 30.4 Å². The van der Waals surface area contributed by atoms with Crippen molar-refractivity contribution in [2.24, 2.45) is 0 Å². The molecule has 1 aromatic carbocycles. The van der Waals surface area contributed by atoms with Crippen molar-refractivity contribution < 1.29 is 9.53 Å². The van der Waals surface area contributed by atoms with Gasteiger partial charge in [-0.3, -0.25) is 5.32 Å². The highest BCUT2D eigenvalue weighted by molar-refractivity contribution is 5.88. The SMILES string of the molecule is CN(c1ccnc(-c2ccc3c(c2)COC(=O)N3)n1)C1CCNCC1. The fraction of sp³-hybridized carbons (Fsp3) is 0.389. The zero-order valence-electron chi connectivity index (χ0n) is 14.2. The highest BCUT2D eigenvalue weighted by atomic mass is 16.5. The van der Waals surface area contributed by atoms with Gasteiger partial charge in [0.2, 0.25) is 0 Å². The zero-order chi connectivity index (χ0) is 17.2. The molecule has 2 aliphatic heterocycles. The highest BCUT2D eigenvalue weighted by Gasteiger charge is 2.20. The Morgan fingerprint density at radius 3 is 2.92 bits per heavy atom. The lowest BCUT2D eigenvalue weighted by molar-refractivity contribution is 0.151. The molecule has 0 atom stereocenters. The molecule has 1 aromatic heterocycles. The van der Waals surface area contributed by atoms with E-state index in [1.807, 2.05) is 24.3 Å². The monoisotopic (exact) mass is 339 g/mol. The molecule has 7 heteroatoms. The predicted molar refractivity (Wildman–Crippen MR) is 95.6 cm³/mol. The maximum absolute atomic E-state index is 11.3. The molecule has 1 saturated heterocycles. The van der Waals surface area contributed by atoms with Crippen LogP contribution in [0.1, 0.15) is 18.4 Å². The summed E-state index contributed by atoms with van der Waals surface area (Å²) in [6, 6.07) is 8.22. The molecule has 4 rings (SSSR count). The average Bonchev–Trinajstić information content (AvgIpc) is 2.68. The topological polar surface area (TPSA) is 79.4 Å². The second kappa shape index (κ2) is 6.68. The van der Waals surface area contributed by atoms with Crippen molar-refractivity contribution in [3.05, 3.63) is 36.0 Å². The molecule has 0 aliphatic carbocycles. The molecule has 130 valence electrons. The Balaban J connectivity index is 1.60. The summed E-state index contributed by atoms with van der Waals surface area (Å²) in [5, 5.41) is 6.08. The molecular formula is C18H21N5O2. The summed E-state index contributed by atoms with van der Waals surface area (Å²) in [4.78, 5) is 22.7. The summed E-state index contributed by atoms with van der Waals surface area (Å²) in [6.45, 7) is 2.36. The molecule has 0 saturated carbocycles. The van der Waals surface area contributed by atoms with Crippen LogP contribution >= 0.6 is 0 Å². The molecule has 3 heterocycles. The Kier molecular flexibility index (Phi) is 4.23. The Labute approximate surface area is 146 Å². The van der Waals surface area contributed by atoms with Gasteiger partial charge in [0.25, 0.3) is 0 Å². The van der Waals surface area contributed by atoms with Gasteiger partial charge in [0.1, 0.15) is 12.4 Å². The van der Waals surface area contributed by atoms with Crippen molar-refractivity contribution in [1.29, 1.82) is 0 Å². The summed E-state index contributed by atoms with van der Waals surface area (Å²) >= 11 is 0. The van der Waals surface area contributed by atoms with Crippen LogP contribution in [-0.2, 0) is 11.3 Å². The first-order valence-electron chi connectivity index (χ1n) is 8.54. The number of nitrogens with one attached hydrogen (secondary N) is 2. The number of hydrogen-bond donors (Lipinski definition) is 2. The van der Waals surface area contributed by atoms with Crippen LogP contribution in [0.25, 0.3) is 11.4 Å². The van der Waals surface area contributed by atoms with Crippen LogP contribution in [-0.4, -0.2) is 42.2 Å². The van der Waals surface area contributed by atoms with Gasteiger partial charge in [-0.2, -0.15) is 0 Å². The summed E-state index contributed by atoms with van der Waals surface area (Å²) in [5.74, 6) is 1.61. The van der Waals surface area contributed by atoms with Crippen molar-refractivity contribution in [3.63, 3.8) is 0 Å². The van der Waals surface area contributed by atoms with Gasteiger partial charge in [-0.25, -0.2) is 14.8 Å². The first-order chi connectivity index (χ1) is 12.2. The number of benzene rings is 1. The van der Waals surface area contributed by atoms with Crippen LogP contribution in [0.4, 0.5) is 16.3 Å². The minimum absolute atomic E-state index is 0.268. The van der Waals surface area contributed by atoms with E-state index in [0.717, 1.165) is 48.6 Å². The maximum atomic E-state index is 11.3. The van der Waals surface area contributed by atoms with E-state index in [1.54, 1.807) is 6.20 Å². The highest BCUT2D eigenvalue weighted by Crippen LogP contribution is 2.27. The minimum atomic E-state index is -0.415. The minimum Gasteiger partial charge on any atom is -0.444 e. The number of amides is 1. The molecular weight excluding hydrogens is 318 g/mol. The molecule has 0 spiro atoms. The number of cyclic esters (lactones) is 1. The normalized spacial score (nSPS) is 17.4. The van der Waals surface area contributed by atoms with Crippen LogP contribution in [0.15, 0.2) is 30.5 Å². The number of fused-ring (bicyclic) bond motifs is 1. The van der Waals surface area contributed by atoms with Crippen LogP contribution in [0.5, 0.6) is 0 Å². The Morgan fingerprint density at radius 1 is 1.24 bits per heavy atom. The Bertz CT molecular complexity index is 789. The Morgan fingerprint density at radius 2 is 2.08 bits per heavy atom. The summed E-state index contributed by atoms with van der Waals surface area (Å²) in [6.07, 6.45) is 3.62. The number of carbonyl (C=O) groups is 1. The molecule has 0 radical (unpaired) electrons. The lowest BCUT2D eigenvalue weighted by Crippen LogP contribution is -2.41. The zero-order valence-corrected chi connectivity index (χ0v) is 14.2. The lowest BCUT2D eigenvalue weighted by atomic mass is 10.1. The lowest BCUT2D eigenvalue weighted by Gasteiger charge is -2.32. The second-order valence-electron chi connectivity index (χ2n) is 6.40.